The van der Waals surface area contributed by atoms with Gasteiger partial charge in [-0.05, 0) is 37.1 Å². The van der Waals surface area contributed by atoms with Crippen LogP contribution in [0.2, 0.25) is 0 Å². The van der Waals surface area contributed by atoms with Crippen LogP contribution < -0.4 is 5.73 Å². The van der Waals surface area contributed by atoms with Gasteiger partial charge in [-0.25, -0.2) is 0 Å². The third-order valence-electron chi connectivity index (χ3n) is 3.24. The van der Waals surface area contributed by atoms with Gasteiger partial charge in [-0.2, -0.15) is 13.2 Å². The Morgan fingerprint density at radius 3 is 2.42 bits per heavy atom. The molecule has 1 aromatic rings. The molecular weight excluding hydrogens is 255 g/mol. The van der Waals surface area contributed by atoms with Crippen molar-refractivity contribution in [3.8, 4) is 0 Å². The molecule has 0 fully saturated rings. The molecule has 0 aromatic heterocycles. The molecule has 0 amide bonds. The number of halogens is 3. The molecule has 0 bridgehead atoms. The smallest absolute Gasteiger partial charge is 0.330 e. The first-order valence-corrected chi connectivity index (χ1v) is 6.20. The molecule has 1 atom stereocenters. The first-order valence-electron chi connectivity index (χ1n) is 6.20. The van der Waals surface area contributed by atoms with Gasteiger partial charge in [-0.15, -0.1) is 0 Å². The minimum absolute atomic E-state index is 0.0780. The fourth-order valence-electron chi connectivity index (χ4n) is 1.92. The fourth-order valence-corrected chi connectivity index (χ4v) is 1.92. The van der Waals surface area contributed by atoms with Crippen molar-refractivity contribution in [2.45, 2.75) is 32.9 Å². The molecule has 0 aliphatic rings. The third-order valence-corrected chi connectivity index (χ3v) is 3.24. The number of rotatable bonds is 5. The summed E-state index contributed by atoms with van der Waals surface area (Å²) < 4.78 is 37.6. The highest BCUT2D eigenvalue weighted by Crippen LogP contribution is 2.30. The van der Waals surface area contributed by atoms with Crippen molar-refractivity contribution in [3.05, 3.63) is 34.9 Å². The first kappa shape index (κ1) is 15.7. The fraction of sp³-hybridized carbons (Fsp3) is 0.500. The van der Waals surface area contributed by atoms with Crippen LogP contribution in [0.25, 0.3) is 0 Å². The molecule has 106 valence electrons. The predicted molar refractivity (Wildman–Crippen MR) is 68.0 cm³/mol. The van der Waals surface area contributed by atoms with Crippen molar-refractivity contribution in [1.29, 1.82) is 0 Å². The van der Waals surface area contributed by atoms with Gasteiger partial charge >= 0.3 is 6.18 Å². The van der Waals surface area contributed by atoms with E-state index >= 15 is 0 Å². The van der Waals surface area contributed by atoms with Gasteiger partial charge in [0.15, 0.2) is 5.78 Å². The van der Waals surface area contributed by atoms with E-state index in [1.54, 1.807) is 0 Å². The second-order valence-corrected chi connectivity index (χ2v) is 4.66. The number of aryl methyl sites for hydroxylation is 1. The summed E-state index contributed by atoms with van der Waals surface area (Å²) in [6, 6.07) is 3.21. The van der Waals surface area contributed by atoms with E-state index in [2.05, 4.69) is 0 Å². The van der Waals surface area contributed by atoms with Crippen LogP contribution in [0.3, 0.4) is 0 Å². The van der Waals surface area contributed by atoms with E-state index in [4.69, 9.17) is 5.73 Å². The molecule has 0 radical (unpaired) electrons. The van der Waals surface area contributed by atoms with Gasteiger partial charge < -0.3 is 5.73 Å². The third kappa shape index (κ3) is 4.06. The highest BCUT2D eigenvalue weighted by atomic mass is 19.4. The molecule has 0 spiro atoms. The van der Waals surface area contributed by atoms with E-state index in [1.807, 2.05) is 6.92 Å². The lowest BCUT2D eigenvalue weighted by Crippen LogP contribution is -2.18. The van der Waals surface area contributed by atoms with E-state index in [-0.39, 0.29) is 18.1 Å². The van der Waals surface area contributed by atoms with Gasteiger partial charge in [0.25, 0.3) is 0 Å². The lowest BCUT2D eigenvalue weighted by Gasteiger charge is -2.13. The molecule has 1 rings (SSSR count). The van der Waals surface area contributed by atoms with Crippen molar-refractivity contribution in [2.24, 2.45) is 11.7 Å². The largest absolute Gasteiger partial charge is 0.416 e. The zero-order valence-corrected chi connectivity index (χ0v) is 11.1. The number of nitrogens with two attached hydrogens (primary N) is 1. The highest BCUT2D eigenvalue weighted by molar-refractivity contribution is 5.97. The molecule has 19 heavy (non-hydrogen) atoms. The molecule has 0 aliphatic heterocycles. The molecule has 5 heteroatoms. The number of ketones is 1. The molecular formula is C14H18F3NO. The number of Topliss-reactive ketones (excluding diaryl/α,β-unsaturated/α-hetero) is 1. The lowest BCUT2D eigenvalue weighted by molar-refractivity contribution is -0.137. The molecule has 1 aromatic carbocycles. The van der Waals surface area contributed by atoms with Crippen LogP contribution in [0.5, 0.6) is 0 Å². The number of carbonyl (C=O) groups is 1. The monoisotopic (exact) mass is 273 g/mol. The van der Waals surface area contributed by atoms with Gasteiger partial charge in [0.05, 0.1) is 5.56 Å². The Balaban J connectivity index is 2.94. The summed E-state index contributed by atoms with van der Waals surface area (Å²) >= 11 is 0. The quantitative estimate of drug-likeness (QED) is 0.833. The maximum Gasteiger partial charge on any atom is 0.416 e. The van der Waals surface area contributed by atoms with Gasteiger partial charge in [0.2, 0.25) is 0 Å². The minimum atomic E-state index is -4.38. The summed E-state index contributed by atoms with van der Waals surface area (Å²) in [5, 5.41) is 0. The normalized spacial score (nSPS) is 13.4. The van der Waals surface area contributed by atoms with E-state index in [1.165, 1.54) is 13.0 Å². The van der Waals surface area contributed by atoms with Gasteiger partial charge in [0.1, 0.15) is 0 Å². The molecule has 0 saturated heterocycles. The Kier molecular flexibility index (Phi) is 5.11. The minimum Gasteiger partial charge on any atom is -0.330 e. The number of hydrogen-bond acceptors (Lipinski definition) is 2. The first-order chi connectivity index (χ1) is 8.79. The van der Waals surface area contributed by atoms with Gasteiger partial charge in [0, 0.05) is 12.0 Å². The van der Waals surface area contributed by atoms with Crippen LogP contribution in [0, 0.1) is 12.8 Å². The van der Waals surface area contributed by atoms with Crippen LogP contribution in [0.4, 0.5) is 13.2 Å². The number of carbonyl (C=O) groups excluding carboxylic acids is 1. The summed E-state index contributed by atoms with van der Waals surface area (Å²) in [4.78, 5) is 12.0. The van der Waals surface area contributed by atoms with Crippen molar-refractivity contribution < 1.29 is 18.0 Å². The zero-order valence-electron chi connectivity index (χ0n) is 11.1. The van der Waals surface area contributed by atoms with Crippen LogP contribution in [0.1, 0.15) is 41.3 Å². The molecule has 0 saturated carbocycles. The van der Waals surface area contributed by atoms with Crippen molar-refractivity contribution >= 4 is 5.78 Å². The predicted octanol–water partition coefficient (Wildman–Crippen LogP) is 3.57. The Labute approximate surface area is 110 Å². The standard InChI is InChI=1S/C14H18F3NO/c1-3-10(8-18)7-13(19)12-5-4-11(6-9(12)2)14(15,16)17/h4-6,10H,3,7-8,18H2,1-2H3. The summed E-state index contributed by atoms with van der Waals surface area (Å²) in [5.41, 5.74) is 5.50. The lowest BCUT2D eigenvalue weighted by atomic mass is 9.93. The Morgan fingerprint density at radius 2 is 2.00 bits per heavy atom. The summed E-state index contributed by atoms with van der Waals surface area (Å²) in [7, 11) is 0. The SMILES string of the molecule is CCC(CN)CC(=O)c1ccc(C(F)(F)F)cc1C. The van der Waals surface area contributed by atoms with E-state index in [9.17, 15) is 18.0 Å². The molecule has 1 unspecified atom stereocenters. The Hall–Kier alpha value is -1.36. The van der Waals surface area contributed by atoms with Gasteiger partial charge in [-0.1, -0.05) is 19.4 Å². The Bertz CT molecular complexity index is 450. The molecule has 2 nitrogen and oxygen atoms in total. The van der Waals surface area contributed by atoms with Crippen molar-refractivity contribution in [3.63, 3.8) is 0 Å². The summed E-state index contributed by atoms with van der Waals surface area (Å²) in [6.45, 7) is 3.86. The van der Waals surface area contributed by atoms with E-state index < -0.39 is 11.7 Å². The maximum absolute atomic E-state index is 12.5. The van der Waals surface area contributed by atoms with Crippen molar-refractivity contribution in [1.82, 2.24) is 0 Å². The number of alkyl halides is 3. The highest BCUT2D eigenvalue weighted by Gasteiger charge is 2.31. The molecule has 0 aliphatic carbocycles. The topological polar surface area (TPSA) is 43.1 Å². The van der Waals surface area contributed by atoms with Crippen LogP contribution in [-0.2, 0) is 6.18 Å². The average Bonchev–Trinajstić information content (AvgIpc) is 2.34. The van der Waals surface area contributed by atoms with E-state index in [0.29, 0.717) is 17.7 Å². The zero-order chi connectivity index (χ0) is 14.6. The number of hydrogen-bond donors (Lipinski definition) is 1. The second-order valence-electron chi connectivity index (χ2n) is 4.66. The number of benzene rings is 1. The van der Waals surface area contributed by atoms with Crippen LogP contribution in [-0.4, -0.2) is 12.3 Å². The maximum atomic E-state index is 12.5. The second kappa shape index (κ2) is 6.19. The van der Waals surface area contributed by atoms with Crippen LogP contribution >= 0.6 is 0 Å². The van der Waals surface area contributed by atoms with E-state index in [0.717, 1.165) is 18.6 Å². The van der Waals surface area contributed by atoms with Crippen LogP contribution in [0.15, 0.2) is 18.2 Å². The Morgan fingerprint density at radius 1 is 1.37 bits per heavy atom. The van der Waals surface area contributed by atoms with Crippen molar-refractivity contribution in [2.75, 3.05) is 6.54 Å². The summed E-state index contributed by atoms with van der Waals surface area (Å²) in [6.07, 6.45) is -3.32. The summed E-state index contributed by atoms with van der Waals surface area (Å²) in [5.74, 6) is -0.0716. The van der Waals surface area contributed by atoms with Gasteiger partial charge in [-0.3, -0.25) is 4.79 Å². The molecule has 0 heterocycles. The average molecular weight is 273 g/mol. The molecule has 2 N–H and O–H groups in total.